The Labute approximate surface area is 138 Å². The zero-order valence-electron chi connectivity index (χ0n) is 11.0. The molecule has 0 unspecified atom stereocenters. The lowest BCUT2D eigenvalue weighted by Crippen LogP contribution is -2.23. The molecule has 0 heterocycles. The van der Waals surface area contributed by atoms with E-state index in [2.05, 4.69) is 4.72 Å². The van der Waals surface area contributed by atoms with Crippen molar-refractivity contribution in [3.8, 4) is 0 Å². The Kier molecular flexibility index (Phi) is 5.17. The smallest absolute Gasteiger partial charge is 0.207 e. The molecule has 0 amide bonds. The largest absolute Gasteiger partial charge is 0.240 e. The molecule has 2 aromatic carbocycles. The Morgan fingerprint density at radius 3 is 2.24 bits per heavy atom. The van der Waals surface area contributed by atoms with E-state index < -0.39 is 10.0 Å². The van der Waals surface area contributed by atoms with Crippen LogP contribution in [0.2, 0.25) is 15.1 Å². The Balaban J connectivity index is 2.26. The highest BCUT2D eigenvalue weighted by Gasteiger charge is 2.16. The van der Waals surface area contributed by atoms with Crippen molar-refractivity contribution in [2.45, 2.75) is 18.4 Å². The highest BCUT2D eigenvalue weighted by Crippen LogP contribution is 2.23. The summed E-state index contributed by atoms with van der Waals surface area (Å²) in [6, 6.07) is 9.55. The van der Waals surface area contributed by atoms with E-state index in [1.807, 2.05) is 19.1 Å². The minimum Gasteiger partial charge on any atom is -0.207 e. The van der Waals surface area contributed by atoms with Crippen LogP contribution in [-0.4, -0.2) is 8.42 Å². The summed E-state index contributed by atoms with van der Waals surface area (Å²) in [5.41, 5.74) is 1.64. The second-order valence-electron chi connectivity index (χ2n) is 4.46. The third-order valence-corrected chi connectivity index (χ3v) is 5.11. The number of hydrogen-bond donors (Lipinski definition) is 1. The van der Waals surface area contributed by atoms with E-state index >= 15 is 0 Å². The van der Waals surface area contributed by atoms with Crippen LogP contribution in [-0.2, 0) is 16.6 Å². The number of hydrogen-bond acceptors (Lipinski definition) is 2. The van der Waals surface area contributed by atoms with Crippen molar-refractivity contribution in [2.24, 2.45) is 0 Å². The third kappa shape index (κ3) is 4.11. The molecule has 0 aliphatic rings. The number of aryl methyl sites for hydroxylation is 1. The van der Waals surface area contributed by atoms with Crippen molar-refractivity contribution in [1.82, 2.24) is 4.72 Å². The molecule has 0 aliphatic carbocycles. The van der Waals surface area contributed by atoms with E-state index in [0.29, 0.717) is 5.02 Å². The fourth-order valence-electron chi connectivity index (χ4n) is 1.82. The van der Waals surface area contributed by atoms with Gasteiger partial charge >= 0.3 is 0 Å². The summed E-state index contributed by atoms with van der Waals surface area (Å²) in [6.45, 7) is 1.96. The number of sulfonamides is 1. The zero-order valence-corrected chi connectivity index (χ0v) is 14.1. The quantitative estimate of drug-likeness (QED) is 0.872. The van der Waals surface area contributed by atoms with E-state index in [1.54, 1.807) is 6.07 Å². The SMILES string of the molecule is Cc1cccc(Cl)c1CNS(=O)(=O)c1cc(Cl)cc(Cl)c1. The summed E-state index contributed by atoms with van der Waals surface area (Å²) >= 11 is 17.7. The van der Waals surface area contributed by atoms with Crippen LogP contribution in [0.3, 0.4) is 0 Å². The highest BCUT2D eigenvalue weighted by atomic mass is 35.5. The van der Waals surface area contributed by atoms with Gasteiger partial charge in [-0.3, -0.25) is 0 Å². The molecule has 0 radical (unpaired) electrons. The van der Waals surface area contributed by atoms with E-state index in [0.717, 1.165) is 11.1 Å². The van der Waals surface area contributed by atoms with Gasteiger partial charge in [0.2, 0.25) is 10.0 Å². The molecular weight excluding hydrogens is 353 g/mol. The molecule has 0 saturated heterocycles. The van der Waals surface area contributed by atoms with Crippen LogP contribution in [0.1, 0.15) is 11.1 Å². The van der Waals surface area contributed by atoms with Crippen LogP contribution in [0.4, 0.5) is 0 Å². The van der Waals surface area contributed by atoms with Crippen LogP contribution in [0.15, 0.2) is 41.3 Å². The number of halogens is 3. The fourth-order valence-corrected chi connectivity index (χ4v) is 3.83. The van der Waals surface area contributed by atoms with Crippen molar-refractivity contribution < 1.29 is 8.42 Å². The molecule has 112 valence electrons. The molecular formula is C14H12Cl3NO2S. The Bertz CT molecular complexity index is 735. The summed E-state index contributed by atoms with van der Waals surface area (Å²) < 4.78 is 27.0. The normalized spacial score (nSPS) is 11.6. The minimum atomic E-state index is -3.71. The van der Waals surface area contributed by atoms with Crippen LogP contribution in [0.5, 0.6) is 0 Å². The number of rotatable bonds is 4. The molecule has 2 rings (SSSR count). The molecule has 7 heteroatoms. The maximum atomic E-state index is 12.3. The van der Waals surface area contributed by atoms with E-state index in [1.165, 1.54) is 18.2 Å². The molecule has 0 spiro atoms. The molecule has 0 atom stereocenters. The predicted molar refractivity (Wildman–Crippen MR) is 86.7 cm³/mol. The summed E-state index contributed by atoms with van der Waals surface area (Å²) in [7, 11) is -3.71. The molecule has 2 aromatic rings. The van der Waals surface area contributed by atoms with Gasteiger partial charge in [-0.1, -0.05) is 46.9 Å². The van der Waals surface area contributed by atoms with Gasteiger partial charge in [-0.15, -0.1) is 0 Å². The molecule has 3 nitrogen and oxygen atoms in total. The van der Waals surface area contributed by atoms with Gasteiger partial charge in [0.1, 0.15) is 0 Å². The monoisotopic (exact) mass is 363 g/mol. The van der Waals surface area contributed by atoms with Gasteiger partial charge in [0.25, 0.3) is 0 Å². The first kappa shape index (κ1) is 16.6. The maximum absolute atomic E-state index is 12.3. The van der Waals surface area contributed by atoms with Crippen molar-refractivity contribution >= 4 is 44.8 Å². The first-order chi connectivity index (χ1) is 9.79. The molecule has 1 N–H and O–H groups in total. The van der Waals surface area contributed by atoms with Gasteiger partial charge < -0.3 is 0 Å². The average molecular weight is 365 g/mol. The minimum absolute atomic E-state index is 0.0182. The standard InChI is InChI=1S/C14H12Cl3NO2S/c1-9-3-2-4-14(17)13(9)8-18-21(19,20)12-6-10(15)5-11(16)7-12/h2-7,18H,8H2,1H3. The van der Waals surface area contributed by atoms with Crippen molar-refractivity contribution in [2.75, 3.05) is 0 Å². The molecule has 21 heavy (non-hydrogen) atoms. The first-order valence-electron chi connectivity index (χ1n) is 5.99. The maximum Gasteiger partial charge on any atom is 0.240 e. The lowest BCUT2D eigenvalue weighted by molar-refractivity contribution is 0.581. The molecule has 0 bridgehead atoms. The lowest BCUT2D eigenvalue weighted by atomic mass is 10.1. The summed E-state index contributed by atoms with van der Waals surface area (Å²) in [5.74, 6) is 0. The first-order valence-corrected chi connectivity index (χ1v) is 8.61. The Morgan fingerprint density at radius 1 is 1.05 bits per heavy atom. The van der Waals surface area contributed by atoms with Crippen LogP contribution in [0.25, 0.3) is 0 Å². The Hall–Kier alpha value is -0.780. The van der Waals surface area contributed by atoms with Crippen LogP contribution in [0, 0.1) is 6.92 Å². The van der Waals surface area contributed by atoms with Gasteiger partial charge in [-0.25, -0.2) is 13.1 Å². The van der Waals surface area contributed by atoms with Gasteiger partial charge in [0, 0.05) is 21.6 Å². The molecule has 0 aliphatic heterocycles. The van der Waals surface area contributed by atoms with Gasteiger partial charge in [0.05, 0.1) is 4.90 Å². The van der Waals surface area contributed by atoms with E-state index in [-0.39, 0.29) is 21.5 Å². The fraction of sp³-hybridized carbons (Fsp3) is 0.143. The van der Waals surface area contributed by atoms with E-state index in [4.69, 9.17) is 34.8 Å². The topological polar surface area (TPSA) is 46.2 Å². The van der Waals surface area contributed by atoms with Crippen molar-refractivity contribution in [1.29, 1.82) is 0 Å². The van der Waals surface area contributed by atoms with Crippen molar-refractivity contribution in [3.05, 3.63) is 62.6 Å². The Morgan fingerprint density at radius 2 is 1.67 bits per heavy atom. The predicted octanol–water partition coefficient (Wildman–Crippen LogP) is 4.43. The molecule has 0 aromatic heterocycles. The summed E-state index contributed by atoms with van der Waals surface area (Å²) in [6.07, 6.45) is 0. The zero-order chi connectivity index (χ0) is 15.6. The van der Waals surface area contributed by atoms with Gasteiger partial charge in [-0.05, 0) is 42.3 Å². The summed E-state index contributed by atoms with van der Waals surface area (Å²) in [5, 5.41) is 1.04. The lowest BCUT2D eigenvalue weighted by Gasteiger charge is -2.11. The molecule has 0 saturated carbocycles. The highest BCUT2D eigenvalue weighted by molar-refractivity contribution is 7.89. The number of nitrogens with one attached hydrogen (secondary N) is 1. The van der Waals surface area contributed by atoms with Gasteiger partial charge in [0.15, 0.2) is 0 Å². The average Bonchev–Trinajstić information content (AvgIpc) is 2.37. The summed E-state index contributed by atoms with van der Waals surface area (Å²) in [4.78, 5) is 0.0182. The van der Waals surface area contributed by atoms with Crippen LogP contribution < -0.4 is 4.72 Å². The number of benzene rings is 2. The van der Waals surface area contributed by atoms with Gasteiger partial charge in [-0.2, -0.15) is 0 Å². The van der Waals surface area contributed by atoms with E-state index in [9.17, 15) is 8.42 Å². The third-order valence-electron chi connectivity index (χ3n) is 2.94. The second kappa shape index (κ2) is 6.55. The second-order valence-corrected chi connectivity index (χ2v) is 7.51. The van der Waals surface area contributed by atoms with Crippen molar-refractivity contribution in [3.63, 3.8) is 0 Å². The van der Waals surface area contributed by atoms with Crippen LogP contribution >= 0.6 is 34.8 Å². The molecule has 0 fully saturated rings.